The number of benzene rings is 1. The SMILES string of the molecule is O=S(=O)(Nc1cccc(Br)c1)c1cnc(Cl)c(Cl)c1. The average molecular weight is 382 g/mol. The Kier molecular flexibility index (Phi) is 4.35. The standard InChI is InChI=1S/C11H7BrCl2N2O2S/c12-7-2-1-3-8(4-7)16-19(17,18)9-5-10(13)11(14)15-6-9/h1-6,16H. The van der Waals surface area contributed by atoms with Gasteiger partial charge >= 0.3 is 0 Å². The Hall–Kier alpha value is -0.820. The van der Waals surface area contributed by atoms with E-state index in [0.717, 1.165) is 10.7 Å². The fraction of sp³-hybridized carbons (Fsp3) is 0. The van der Waals surface area contributed by atoms with Crippen LogP contribution in [0, 0.1) is 0 Å². The minimum atomic E-state index is -3.75. The van der Waals surface area contributed by atoms with Crippen LogP contribution in [0.2, 0.25) is 10.2 Å². The van der Waals surface area contributed by atoms with Crippen LogP contribution in [-0.4, -0.2) is 13.4 Å². The molecule has 0 amide bonds. The number of nitrogens with zero attached hydrogens (tertiary/aromatic N) is 1. The van der Waals surface area contributed by atoms with Crippen molar-refractivity contribution in [3.05, 3.63) is 51.2 Å². The van der Waals surface area contributed by atoms with Crippen LogP contribution in [-0.2, 0) is 10.0 Å². The molecule has 100 valence electrons. The minimum Gasteiger partial charge on any atom is -0.280 e. The zero-order chi connectivity index (χ0) is 14.0. The summed E-state index contributed by atoms with van der Waals surface area (Å²) in [6.45, 7) is 0. The molecule has 0 spiro atoms. The maximum absolute atomic E-state index is 12.1. The van der Waals surface area contributed by atoms with Crippen molar-refractivity contribution in [1.29, 1.82) is 0 Å². The van der Waals surface area contributed by atoms with Crippen LogP contribution in [0.15, 0.2) is 45.9 Å². The van der Waals surface area contributed by atoms with Crippen LogP contribution < -0.4 is 4.72 Å². The number of hydrogen-bond acceptors (Lipinski definition) is 3. The smallest absolute Gasteiger partial charge is 0.263 e. The monoisotopic (exact) mass is 380 g/mol. The highest BCUT2D eigenvalue weighted by Gasteiger charge is 2.16. The molecule has 1 aromatic heterocycles. The van der Waals surface area contributed by atoms with Crippen LogP contribution in [0.5, 0.6) is 0 Å². The van der Waals surface area contributed by atoms with E-state index in [4.69, 9.17) is 23.2 Å². The van der Waals surface area contributed by atoms with Gasteiger partial charge in [-0.1, -0.05) is 45.2 Å². The fourth-order valence-electron chi connectivity index (χ4n) is 1.32. The van der Waals surface area contributed by atoms with E-state index in [1.54, 1.807) is 24.3 Å². The summed E-state index contributed by atoms with van der Waals surface area (Å²) in [6, 6.07) is 8.03. The minimum absolute atomic E-state index is 0.0538. The van der Waals surface area contributed by atoms with Gasteiger partial charge in [-0.05, 0) is 24.3 Å². The lowest BCUT2D eigenvalue weighted by Crippen LogP contribution is -2.13. The first-order valence-electron chi connectivity index (χ1n) is 4.98. The predicted molar refractivity (Wildman–Crippen MR) is 79.2 cm³/mol. The summed E-state index contributed by atoms with van der Waals surface area (Å²) in [6.07, 6.45) is 1.15. The number of nitrogens with one attached hydrogen (secondary N) is 1. The highest BCUT2D eigenvalue weighted by Crippen LogP contribution is 2.24. The quantitative estimate of drug-likeness (QED) is 0.818. The Bertz CT molecular complexity index is 722. The van der Waals surface area contributed by atoms with Gasteiger partial charge in [-0.15, -0.1) is 0 Å². The van der Waals surface area contributed by atoms with Crippen LogP contribution in [0.4, 0.5) is 5.69 Å². The maximum atomic E-state index is 12.1. The average Bonchev–Trinajstić information content (AvgIpc) is 2.32. The molecule has 2 aromatic rings. The zero-order valence-corrected chi connectivity index (χ0v) is 13.2. The summed E-state index contributed by atoms with van der Waals surface area (Å²) in [4.78, 5) is 3.66. The van der Waals surface area contributed by atoms with Crippen molar-refractivity contribution in [2.45, 2.75) is 4.90 Å². The lowest BCUT2D eigenvalue weighted by atomic mass is 10.3. The molecular weight excluding hydrogens is 375 g/mol. The lowest BCUT2D eigenvalue weighted by molar-refractivity contribution is 0.601. The maximum Gasteiger partial charge on any atom is 0.263 e. The van der Waals surface area contributed by atoms with E-state index in [0.29, 0.717) is 5.69 Å². The summed E-state index contributed by atoms with van der Waals surface area (Å²) in [5, 5.41) is 0.141. The Balaban J connectivity index is 2.35. The normalized spacial score (nSPS) is 11.3. The molecule has 0 saturated heterocycles. The molecule has 1 N–H and O–H groups in total. The number of aromatic nitrogens is 1. The number of rotatable bonds is 3. The van der Waals surface area contributed by atoms with Gasteiger partial charge in [0.1, 0.15) is 10.0 Å². The summed E-state index contributed by atoms with van der Waals surface area (Å²) in [7, 11) is -3.75. The van der Waals surface area contributed by atoms with Gasteiger partial charge in [0.2, 0.25) is 0 Å². The van der Waals surface area contributed by atoms with E-state index in [1.807, 2.05) is 0 Å². The Morgan fingerprint density at radius 2 is 1.95 bits per heavy atom. The van der Waals surface area contributed by atoms with Gasteiger partial charge in [-0.3, -0.25) is 4.72 Å². The van der Waals surface area contributed by atoms with E-state index in [2.05, 4.69) is 25.6 Å². The molecule has 0 unspecified atom stereocenters. The first kappa shape index (κ1) is 14.6. The van der Waals surface area contributed by atoms with Crippen molar-refractivity contribution in [2.75, 3.05) is 4.72 Å². The van der Waals surface area contributed by atoms with E-state index in [1.165, 1.54) is 6.07 Å². The highest BCUT2D eigenvalue weighted by atomic mass is 79.9. The number of anilines is 1. The molecule has 0 bridgehead atoms. The predicted octanol–water partition coefficient (Wildman–Crippen LogP) is 3.95. The van der Waals surface area contributed by atoms with Crippen molar-refractivity contribution in [1.82, 2.24) is 4.98 Å². The second-order valence-corrected chi connectivity index (χ2v) is 6.92. The molecule has 0 radical (unpaired) electrons. The molecule has 8 heteroatoms. The van der Waals surface area contributed by atoms with E-state index < -0.39 is 10.0 Å². The van der Waals surface area contributed by atoms with Gasteiger partial charge in [0.25, 0.3) is 10.0 Å². The van der Waals surface area contributed by atoms with Gasteiger partial charge in [0.15, 0.2) is 0 Å². The first-order chi connectivity index (χ1) is 8.88. The van der Waals surface area contributed by atoms with Crippen LogP contribution in [0.1, 0.15) is 0 Å². The molecule has 0 atom stereocenters. The number of hydrogen-bond donors (Lipinski definition) is 1. The molecule has 2 rings (SSSR count). The van der Waals surface area contributed by atoms with Gasteiger partial charge in [0.05, 0.1) is 5.02 Å². The molecule has 0 aliphatic carbocycles. The van der Waals surface area contributed by atoms with Crippen LogP contribution in [0.3, 0.4) is 0 Å². The second-order valence-electron chi connectivity index (χ2n) is 3.56. The van der Waals surface area contributed by atoms with Crippen molar-refractivity contribution >= 4 is 54.8 Å². The lowest BCUT2D eigenvalue weighted by Gasteiger charge is -2.08. The van der Waals surface area contributed by atoms with Crippen LogP contribution in [0.25, 0.3) is 0 Å². The van der Waals surface area contributed by atoms with Crippen molar-refractivity contribution in [2.24, 2.45) is 0 Å². The molecule has 1 heterocycles. The summed E-state index contributed by atoms with van der Waals surface area (Å²) < 4.78 is 27.4. The topological polar surface area (TPSA) is 59.1 Å². The van der Waals surface area contributed by atoms with Crippen LogP contribution >= 0.6 is 39.1 Å². The molecule has 19 heavy (non-hydrogen) atoms. The van der Waals surface area contributed by atoms with Gasteiger partial charge < -0.3 is 0 Å². The largest absolute Gasteiger partial charge is 0.280 e. The molecule has 0 saturated carbocycles. The van der Waals surface area contributed by atoms with Gasteiger partial charge in [0, 0.05) is 16.4 Å². The number of pyridine rings is 1. The number of sulfonamides is 1. The van der Waals surface area contributed by atoms with E-state index in [9.17, 15) is 8.42 Å². The van der Waals surface area contributed by atoms with E-state index >= 15 is 0 Å². The molecule has 0 fully saturated rings. The van der Waals surface area contributed by atoms with Crippen molar-refractivity contribution < 1.29 is 8.42 Å². The molecule has 4 nitrogen and oxygen atoms in total. The van der Waals surface area contributed by atoms with Gasteiger partial charge in [-0.25, -0.2) is 13.4 Å². The highest BCUT2D eigenvalue weighted by molar-refractivity contribution is 9.10. The van der Waals surface area contributed by atoms with Crippen molar-refractivity contribution in [3.8, 4) is 0 Å². The fourth-order valence-corrected chi connectivity index (χ4v) is 3.07. The second kappa shape index (κ2) is 5.66. The third kappa shape index (κ3) is 3.60. The summed E-state index contributed by atoms with van der Waals surface area (Å²) in [5.74, 6) is 0. The summed E-state index contributed by atoms with van der Waals surface area (Å²) >= 11 is 14.7. The van der Waals surface area contributed by atoms with Crippen molar-refractivity contribution in [3.63, 3.8) is 0 Å². The molecule has 0 aliphatic rings. The molecular formula is C11H7BrCl2N2O2S. The van der Waals surface area contributed by atoms with E-state index in [-0.39, 0.29) is 15.1 Å². The Morgan fingerprint density at radius 1 is 1.21 bits per heavy atom. The first-order valence-corrected chi connectivity index (χ1v) is 8.01. The third-order valence-electron chi connectivity index (χ3n) is 2.16. The third-order valence-corrected chi connectivity index (χ3v) is 4.69. The summed E-state index contributed by atoms with van der Waals surface area (Å²) in [5.41, 5.74) is 0.431. The Labute approximate surface area is 128 Å². The Morgan fingerprint density at radius 3 is 2.58 bits per heavy atom. The molecule has 1 aromatic carbocycles. The zero-order valence-electron chi connectivity index (χ0n) is 9.27. The number of halogens is 3. The molecule has 0 aliphatic heterocycles. The van der Waals surface area contributed by atoms with Gasteiger partial charge in [-0.2, -0.15) is 0 Å².